The van der Waals surface area contributed by atoms with Gasteiger partial charge in [0.15, 0.2) is 11.5 Å². The van der Waals surface area contributed by atoms with Gasteiger partial charge in [0, 0.05) is 17.2 Å². The van der Waals surface area contributed by atoms with Crippen LogP contribution in [0.5, 0.6) is 11.5 Å². The summed E-state index contributed by atoms with van der Waals surface area (Å²) in [6.07, 6.45) is 0.234. The number of carbonyl (C=O) groups excluding carboxylic acids is 1. The number of nitrogens with one attached hydrogen (secondary N) is 1. The molecule has 0 aliphatic rings. The molecule has 2 aromatic rings. The summed E-state index contributed by atoms with van der Waals surface area (Å²) in [4.78, 5) is 12.8. The van der Waals surface area contributed by atoms with E-state index in [0.717, 1.165) is 10.5 Å². The molecule has 128 valence electrons. The van der Waals surface area contributed by atoms with Crippen molar-refractivity contribution in [2.45, 2.75) is 11.3 Å². The molecule has 0 unspecified atom stereocenters. The Bertz CT molecular complexity index is 703. The minimum Gasteiger partial charge on any atom is -0.493 e. The Morgan fingerprint density at radius 3 is 2.42 bits per heavy atom. The molecule has 0 saturated carbocycles. The Balaban J connectivity index is 1.82. The van der Waals surface area contributed by atoms with E-state index in [0.29, 0.717) is 23.8 Å². The van der Waals surface area contributed by atoms with Crippen LogP contribution in [0.25, 0.3) is 0 Å². The predicted octanol–water partition coefficient (Wildman–Crippen LogP) is 2.17. The van der Waals surface area contributed by atoms with E-state index in [9.17, 15) is 9.00 Å². The van der Waals surface area contributed by atoms with E-state index in [-0.39, 0.29) is 12.3 Å². The average molecular weight is 347 g/mol. The van der Waals surface area contributed by atoms with Gasteiger partial charge in [-0.2, -0.15) is 0 Å². The maximum atomic E-state index is 12.1. The first-order valence-corrected chi connectivity index (χ1v) is 8.87. The van der Waals surface area contributed by atoms with E-state index < -0.39 is 10.8 Å². The van der Waals surface area contributed by atoms with Crippen LogP contribution < -0.4 is 14.8 Å². The molecule has 24 heavy (non-hydrogen) atoms. The smallest absolute Gasteiger partial charge is 0.224 e. The summed E-state index contributed by atoms with van der Waals surface area (Å²) in [5, 5.41) is 2.79. The Labute approximate surface area is 144 Å². The number of ether oxygens (including phenoxy) is 2. The lowest BCUT2D eigenvalue weighted by atomic mass is 10.1. The summed E-state index contributed by atoms with van der Waals surface area (Å²) in [5.74, 6) is 1.49. The van der Waals surface area contributed by atoms with Gasteiger partial charge in [-0.3, -0.25) is 9.00 Å². The SMILES string of the molecule is COc1ccc(CC(=O)NCC[S@](=O)c2ccccc2)cc1OC. The summed E-state index contributed by atoms with van der Waals surface area (Å²) < 4.78 is 22.5. The Hall–Kier alpha value is -2.34. The minimum absolute atomic E-state index is 0.118. The monoisotopic (exact) mass is 347 g/mol. The maximum absolute atomic E-state index is 12.1. The Morgan fingerprint density at radius 1 is 1.04 bits per heavy atom. The van der Waals surface area contributed by atoms with Crippen LogP contribution in [0, 0.1) is 0 Å². The van der Waals surface area contributed by atoms with Crippen LogP contribution in [-0.4, -0.2) is 36.6 Å². The summed E-state index contributed by atoms with van der Waals surface area (Å²) in [6, 6.07) is 14.6. The molecule has 1 atom stereocenters. The molecular formula is C18H21NO4S. The first-order valence-electron chi connectivity index (χ1n) is 7.55. The molecule has 0 radical (unpaired) electrons. The molecule has 2 rings (SSSR count). The number of rotatable bonds is 8. The van der Waals surface area contributed by atoms with Gasteiger partial charge in [-0.15, -0.1) is 0 Å². The van der Waals surface area contributed by atoms with Gasteiger partial charge < -0.3 is 14.8 Å². The Morgan fingerprint density at radius 2 is 1.75 bits per heavy atom. The van der Waals surface area contributed by atoms with E-state index in [1.165, 1.54) is 0 Å². The molecule has 0 bridgehead atoms. The normalized spacial score (nSPS) is 11.6. The van der Waals surface area contributed by atoms with Crippen molar-refractivity contribution in [3.63, 3.8) is 0 Å². The van der Waals surface area contributed by atoms with E-state index in [2.05, 4.69) is 5.32 Å². The van der Waals surface area contributed by atoms with Crippen molar-refractivity contribution in [3.05, 3.63) is 54.1 Å². The zero-order chi connectivity index (χ0) is 17.4. The second-order valence-electron chi connectivity index (χ2n) is 5.08. The highest BCUT2D eigenvalue weighted by atomic mass is 32.2. The highest BCUT2D eigenvalue weighted by Crippen LogP contribution is 2.27. The highest BCUT2D eigenvalue weighted by Gasteiger charge is 2.09. The zero-order valence-electron chi connectivity index (χ0n) is 13.8. The van der Waals surface area contributed by atoms with Crippen molar-refractivity contribution in [3.8, 4) is 11.5 Å². The van der Waals surface area contributed by atoms with Crippen LogP contribution in [0.1, 0.15) is 5.56 Å². The second-order valence-corrected chi connectivity index (χ2v) is 6.65. The number of amides is 1. The Kier molecular flexibility index (Phi) is 6.81. The van der Waals surface area contributed by atoms with Gasteiger partial charge in [-0.25, -0.2) is 0 Å². The lowest BCUT2D eigenvalue weighted by molar-refractivity contribution is -0.120. The van der Waals surface area contributed by atoms with E-state index in [1.54, 1.807) is 26.4 Å². The van der Waals surface area contributed by atoms with Gasteiger partial charge in [-0.1, -0.05) is 24.3 Å². The fourth-order valence-corrected chi connectivity index (χ4v) is 3.20. The van der Waals surface area contributed by atoms with Crippen LogP contribution in [-0.2, 0) is 22.0 Å². The molecular weight excluding hydrogens is 326 g/mol. The van der Waals surface area contributed by atoms with Crippen LogP contribution >= 0.6 is 0 Å². The molecule has 5 nitrogen and oxygen atoms in total. The first kappa shape index (κ1) is 18.0. The average Bonchev–Trinajstić information content (AvgIpc) is 2.62. The largest absolute Gasteiger partial charge is 0.493 e. The standard InChI is InChI=1S/C18H21NO4S/c1-22-16-9-8-14(12-17(16)23-2)13-18(20)19-10-11-24(21)15-6-4-3-5-7-15/h3-9,12H,10-11,13H2,1-2H3,(H,19,20)/t24-/m0/s1. The van der Waals surface area contributed by atoms with Crippen LogP contribution in [0.2, 0.25) is 0 Å². The molecule has 0 spiro atoms. The fourth-order valence-electron chi connectivity index (χ4n) is 2.21. The molecule has 0 heterocycles. The van der Waals surface area contributed by atoms with Crippen molar-refractivity contribution < 1.29 is 18.5 Å². The second kappa shape index (κ2) is 9.08. The van der Waals surface area contributed by atoms with E-state index in [1.807, 2.05) is 36.4 Å². The fraction of sp³-hybridized carbons (Fsp3) is 0.278. The highest BCUT2D eigenvalue weighted by molar-refractivity contribution is 7.85. The quantitative estimate of drug-likeness (QED) is 0.795. The number of hydrogen-bond donors (Lipinski definition) is 1. The van der Waals surface area contributed by atoms with Gasteiger partial charge in [0.1, 0.15) is 0 Å². The van der Waals surface area contributed by atoms with E-state index in [4.69, 9.17) is 9.47 Å². The van der Waals surface area contributed by atoms with Crippen LogP contribution in [0.4, 0.5) is 0 Å². The maximum Gasteiger partial charge on any atom is 0.224 e. The van der Waals surface area contributed by atoms with Crippen LogP contribution in [0.3, 0.4) is 0 Å². The van der Waals surface area contributed by atoms with Crippen LogP contribution in [0.15, 0.2) is 53.4 Å². The zero-order valence-corrected chi connectivity index (χ0v) is 14.6. The molecule has 1 amide bonds. The molecule has 0 aromatic heterocycles. The molecule has 0 saturated heterocycles. The molecule has 0 aliphatic carbocycles. The van der Waals surface area contributed by atoms with Gasteiger partial charge in [0.05, 0.1) is 31.4 Å². The third-order valence-corrected chi connectivity index (χ3v) is 4.80. The number of benzene rings is 2. The van der Waals surface area contributed by atoms with Gasteiger partial charge >= 0.3 is 0 Å². The van der Waals surface area contributed by atoms with Crippen molar-refractivity contribution in [2.24, 2.45) is 0 Å². The number of methoxy groups -OCH3 is 2. The molecule has 6 heteroatoms. The van der Waals surface area contributed by atoms with Crippen molar-refractivity contribution >= 4 is 16.7 Å². The van der Waals surface area contributed by atoms with Crippen molar-refractivity contribution in [1.29, 1.82) is 0 Å². The van der Waals surface area contributed by atoms with E-state index >= 15 is 0 Å². The summed E-state index contributed by atoms with van der Waals surface area (Å²) in [5.41, 5.74) is 0.828. The molecule has 0 aliphatic heterocycles. The lowest BCUT2D eigenvalue weighted by Crippen LogP contribution is -2.29. The third kappa shape index (κ3) is 5.09. The van der Waals surface area contributed by atoms with Gasteiger partial charge in [0.25, 0.3) is 0 Å². The lowest BCUT2D eigenvalue weighted by Gasteiger charge is -2.10. The van der Waals surface area contributed by atoms with Gasteiger partial charge in [0.2, 0.25) is 5.91 Å². The summed E-state index contributed by atoms with van der Waals surface area (Å²) >= 11 is 0. The molecule has 0 fully saturated rings. The summed E-state index contributed by atoms with van der Waals surface area (Å²) in [6.45, 7) is 0.369. The predicted molar refractivity (Wildman–Crippen MR) is 94.0 cm³/mol. The third-order valence-electron chi connectivity index (χ3n) is 3.43. The molecule has 2 aromatic carbocycles. The van der Waals surface area contributed by atoms with Crippen molar-refractivity contribution in [1.82, 2.24) is 5.32 Å². The van der Waals surface area contributed by atoms with Crippen molar-refractivity contribution in [2.75, 3.05) is 26.5 Å². The minimum atomic E-state index is -1.11. The number of carbonyl (C=O) groups is 1. The summed E-state index contributed by atoms with van der Waals surface area (Å²) in [7, 11) is 2.02. The number of hydrogen-bond acceptors (Lipinski definition) is 4. The molecule has 1 N–H and O–H groups in total. The topological polar surface area (TPSA) is 64.6 Å². The van der Waals surface area contributed by atoms with Gasteiger partial charge in [-0.05, 0) is 29.8 Å². The first-order chi connectivity index (χ1) is 11.6.